The lowest BCUT2D eigenvalue weighted by atomic mass is 10.2. The van der Waals surface area contributed by atoms with E-state index in [1.807, 2.05) is 24.3 Å². The van der Waals surface area contributed by atoms with Gasteiger partial charge in [0, 0.05) is 26.7 Å². The van der Waals surface area contributed by atoms with Crippen LogP contribution in [0.15, 0.2) is 24.3 Å². The van der Waals surface area contributed by atoms with Crippen LogP contribution in [0.2, 0.25) is 0 Å². The van der Waals surface area contributed by atoms with Crippen molar-refractivity contribution in [3.63, 3.8) is 0 Å². The highest BCUT2D eigenvalue weighted by atomic mass is 16.5. The van der Waals surface area contributed by atoms with E-state index in [1.165, 1.54) is 0 Å². The zero-order chi connectivity index (χ0) is 14.8. The first-order chi connectivity index (χ1) is 9.63. The number of rotatable bonds is 10. The van der Waals surface area contributed by atoms with Gasteiger partial charge in [-0.15, -0.1) is 0 Å². The number of methoxy groups -OCH3 is 1. The summed E-state index contributed by atoms with van der Waals surface area (Å²) in [6, 6.07) is 7.62. The van der Waals surface area contributed by atoms with Crippen molar-refractivity contribution in [2.75, 3.05) is 45.7 Å². The average molecular weight is 280 g/mol. The Morgan fingerprint density at radius 1 is 1.15 bits per heavy atom. The van der Waals surface area contributed by atoms with Crippen molar-refractivity contribution in [3.05, 3.63) is 24.3 Å². The van der Waals surface area contributed by atoms with Crippen molar-refractivity contribution >= 4 is 5.69 Å². The van der Waals surface area contributed by atoms with Crippen molar-refractivity contribution in [3.8, 4) is 5.75 Å². The molecule has 0 unspecified atom stereocenters. The Balaban J connectivity index is 2.27. The normalized spacial score (nSPS) is 11.2. The van der Waals surface area contributed by atoms with Crippen molar-refractivity contribution in [2.45, 2.75) is 20.3 Å². The third-order valence-corrected chi connectivity index (χ3v) is 3.03. The minimum atomic E-state index is 0.664. The van der Waals surface area contributed by atoms with Crippen LogP contribution in [0.4, 0.5) is 5.69 Å². The molecule has 4 heteroatoms. The maximum absolute atomic E-state index is 5.84. The highest BCUT2D eigenvalue weighted by molar-refractivity contribution is 5.51. The molecule has 114 valence electrons. The molecule has 2 N–H and O–H groups in total. The summed E-state index contributed by atoms with van der Waals surface area (Å²) >= 11 is 0. The minimum absolute atomic E-state index is 0.664. The van der Waals surface area contributed by atoms with E-state index in [0.717, 1.165) is 38.4 Å². The number of nitrogen functional groups attached to an aromatic ring is 1. The number of nitrogens with zero attached hydrogens (tertiary/aromatic N) is 1. The fraction of sp³-hybridized carbons (Fsp3) is 0.625. The second-order valence-corrected chi connectivity index (χ2v) is 5.43. The summed E-state index contributed by atoms with van der Waals surface area (Å²) in [5.41, 5.74) is 6.54. The molecular weight excluding hydrogens is 252 g/mol. The smallest absolute Gasteiger partial charge is 0.142 e. The van der Waals surface area contributed by atoms with Gasteiger partial charge in [-0.2, -0.15) is 0 Å². The van der Waals surface area contributed by atoms with E-state index >= 15 is 0 Å². The Bertz CT molecular complexity index is 369. The van der Waals surface area contributed by atoms with E-state index in [1.54, 1.807) is 7.11 Å². The Kier molecular flexibility index (Phi) is 8.07. The fourth-order valence-electron chi connectivity index (χ4n) is 2.11. The maximum atomic E-state index is 5.84. The molecule has 1 aromatic rings. The molecule has 0 aromatic heterocycles. The van der Waals surface area contributed by atoms with Gasteiger partial charge >= 0.3 is 0 Å². The molecule has 0 bridgehead atoms. The van der Waals surface area contributed by atoms with Crippen LogP contribution in [0.3, 0.4) is 0 Å². The molecule has 4 nitrogen and oxygen atoms in total. The number of anilines is 1. The van der Waals surface area contributed by atoms with Crippen LogP contribution in [0.1, 0.15) is 20.3 Å². The van der Waals surface area contributed by atoms with E-state index < -0.39 is 0 Å². The van der Waals surface area contributed by atoms with Gasteiger partial charge in [-0.3, -0.25) is 0 Å². The van der Waals surface area contributed by atoms with Gasteiger partial charge in [0.1, 0.15) is 5.75 Å². The van der Waals surface area contributed by atoms with E-state index in [2.05, 4.69) is 18.7 Å². The van der Waals surface area contributed by atoms with Crippen LogP contribution < -0.4 is 10.5 Å². The van der Waals surface area contributed by atoms with Gasteiger partial charge in [-0.05, 0) is 24.5 Å². The second-order valence-electron chi connectivity index (χ2n) is 5.43. The summed E-state index contributed by atoms with van der Waals surface area (Å²) in [4.78, 5) is 2.42. The maximum Gasteiger partial charge on any atom is 0.142 e. The lowest BCUT2D eigenvalue weighted by molar-refractivity contribution is 0.135. The first kappa shape index (κ1) is 16.8. The van der Waals surface area contributed by atoms with E-state index in [-0.39, 0.29) is 0 Å². The van der Waals surface area contributed by atoms with E-state index in [0.29, 0.717) is 18.2 Å². The van der Waals surface area contributed by atoms with E-state index in [4.69, 9.17) is 15.2 Å². The molecule has 0 aliphatic heterocycles. The van der Waals surface area contributed by atoms with Crippen LogP contribution >= 0.6 is 0 Å². The zero-order valence-corrected chi connectivity index (χ0v) is 13.0. The molecule has 0 amide bonds. The number of benzene rings is 1. The van der Waals surface area contributed by atoms with Crippen molar-refractivity contribution in [1.82, 2.24) is 4.90 Å². The molecular formula is C16H28N2O2. The standard InChI is InChI=1S/C16H28N2O2/c1-14(2)13-18(10-12-19-3)9-6-11-20-16-8-5-4-7-15(16)17/h4-5,7-8,14H,6,9-13,17H2,1-3H3. The molecule has 0 saturated heterocycles. The van der Waals surface area contributed by atoms with Crippen LogP contribution in [-0.2, 0) is 4.74 Å². The molecule has 0 atom stereocenters. The molecule has 0 fully saturated rings. The summed E-state index contributed by atoms with van der Waals surface area (Å²) in [6.45, 7) is 9.03. The topological polar surface area (TPSA) is 47.7 Å². The first-order valence-electron chi connectivity index (χ1n) is 7.32. The van der Waals surface area contributed by atoms with Gasteiger partial charge < -0.3 is 20.1 Å². The number of hydrogen-bond acceptors (Lipinski definition) is 4. The highest BCUT2D eigenvalue weighted by Gasteiger charge is 2.07. The van der Waals surface area contributed by atoms with Crippen molar-refractivity contribution in [2.24, 2.45) is 5.92 Å². The predicted molar refractivity (Wildman–Crippen MR) is 84.1 cm³/mol. The molecule has 20 heavy (non-hydrogen) atoms. The summed E-state index contributed by atoms with van der Waals surface area (Å²) in [7, 11) is 1.74. The Morgan fingerprint density at radius 3 is 2.55 bits per heavy atom. The largest absolute Gasteiger partial charge is 0.491 e. The minimum Gasteiger partial charge on any atom is -0.491 e. The molecule has 0 aliphatic rings. The fourth-order valence-corrected chi connectivity index (χ4v) is 2.11. The number of ether oxygens (including phenoxy) is 2. The molecule has 0 heterocycles. The Morgan fingerprint density at radius 2 is 1.90 bits per heavy atom. The van der Waals surface area contributed by atoms with Gasteiger partial charge in [0.15, 0.2) is 0 Å². The van der Waals surface area contributed by atoms with Crippen LogP contribution in [0.25, 0.3) is 0 Å². The lowest BCUT2D eigenvalue weighted by Gasteiger charge is -2.23. The Labute approximate surface area is 122 Å². The van der Waals surface area contributed by atoms with Crippen LogP contribution in [-0.4, -0.2) is 44.9 Å². The average Bonchev–Trinajstić information content (AvgIpc) is 2.41. The SMILES string of the molecule is COCCN(CCCOc1ccccc1N)CC(C)C. The third-order valence-electron chi connectivity index (χ3n) is 3.03. The summed E-state index contributed by atoms with van der Waals surface area (Å²) in [5.74, 6) is 1.44. The van der Waals surface area contributed by atoms with Gasteiger partial charge in [0.2, 0.25) is 0 Å². The molecule has 0 saturated carbocycles. The third kappa shape index (κ3) is 6.78. The number of nitrogens with two attached hydrogens (primary N) is 1. The summed E-state index contributed by atoms with van der Waals surface area (Å²) in [6.07, 6.45) is 0.991. The van der Waals surface area contributed by atoms with E-state index in [9.17, 15) is 0 Å². The second kappa shape index (κ2) is 9.61. The molecule has 1 aromatic carbocycles. The van der Waals surface area contributed by atoms with Gasteiger partial charge in [-0.1, -0.05) is 26.0 Å². The van der Waals surface area contributed by atoms with Crippen LogP contribution in [0.5, 0.6) is 5.75 Å². The predicted octanol–water partition coefficient (Wildman–Crippen LogP) is 2.64. The van der Waals surface area contributed by atoms with Crippen LogP contribution in [0, 0.1) is 5.92 Å². The molecule has 0 radical (unpaired) electrons. The monoisotopic (exact) mass is 280 g/mol. The van der Waals surface area contributed by atoms with Gasteiger partial charge in [0.25, 0.3) is 0 Å². The number of para-hydroxylation sites is 2. The molecule has 1 rings (SSSR count). The first-order valence-corrected chi connectivity index (χ1v) is 7.32. The van der Waals surface area contributed by atoms with Gasteiger partial charge in [-0.25, -0.2) is 0 Å². The molecule has 0 aliphatic carbocycles. The molecule has 0 spiro atoms. The summed E-state index contributed by atoms with van der Waals surface area (Å²) in [5, 5.41) is 0. The Hall–Kier alpha value is -1.26. The quantitative estimate of drug-likeness (QED) is 0.529. The zero-order valence-electron chi connectivity index (χ0n) is 13.0. The number of hydrogen-bond donors (Lipinski definition) is 1. The van der Waals surface area contributed by atoms with Gasteiger partial charge in [0.05, 0.1) is 18.9 Å². The summed E-state index contributed by atoms with van der Waals surface area (Å²) < 4.78 is 10.9. The van der Waals surface area contributed by atoms with Crippen molar-refractivity contribution < 1.29 is 9.47 Å². The lowest BCUT2D eigenvalue weighted by Crippen LogP contribution is -2.32. The van der Waals surface area contributed by atoms with Crippen molar-refractivity contribution in [1.29, 1.82) is 0 Å². The highest BCUT2D eigenvalue weighted by Crippen LogP contribution is 2.19.